The summed E-state index contributed by atoms with van der Waals surface area (Å²) in [5.41, 5.74) is 6.77. The molecule has 3 nitrogen and oxygen atoms in total. The predicted octanol–water partition coefficient (Wildman–Crippen LogP) is 2.48. The molecule has 17 heavy (non-hydrogen) atoms. The second kappa shape index (κ2) is 6.74. The lowest BCUT2D eigenvalue weighted by molar-refractivity contribution is 0.149. The standard InChI is InChI=1S/C14H24N2O/c1-10(9-17-4)7-14(16-15)13-6-5-11(2)12(3)8-13/h5-6,8,10,14,16H,7,9,15H2,1-4H3. The first kappa shape index (κ1) is 14.2. The number of hydrogen-bond acceptors (Lipinski definition) is 3. The molecular weight excluding hydrogens is 212 g/mol. The minimum absolute atomic E-state index is 0.194. The van der Waals surface area contributed by atoms with Crippen LogP contribution in [0.25, 0.3) is 0 Å². The monoisotopic (exact) mass is 236 g/mol. The highest BCUT2D eigenvalue weighted by molar-refractivity contribution is 5.31. The van der Waals surface area contributed by atoms with Crippen LogP contribution in [0, 0.1) is 19.8 Å². The van der Waals surface area contributed by atoms with Gasteiger partial charge >= 0.3 is 0 Å². The van der Waals surface area contributed by atoms with Crippen LogP contribution in [0.3, 0.4) is 0 Å². The maximum Gasteiger partial charge on any atom is 0.0488 e. The van der Waals surface area contributed by atoms with Gasteiger partial charge < -0.3 is 4.74 Å². The molecule has 1 aromatic rings. The molecule has 3 N–H and O–H groups in total. The number of hydrazine groups is 1. The number of benzene rings is 1. The zero-order valence-corrected chi connectivity index (χ0v) is 11.3. The van der Waals surface area contributed by atoms with E-state index in [9.17, 15) is 0 Å². The summed E-state index contributed by atoms with van der Waals surface area (Å²) in [4.78, 5) is 0. The number of aryl methyl sites for hydroxylation is 2. The lowest BCUT2D eigenvalue weighted by Gasteiger charge is -2.21. The van der Waals surface area contributed by atoms with E-state index in [0.29, 0.717) is 5.92 Å². The van der Waals surface area contributed by atoms with Crippen molar-refractivity contribution in [1.29, 1.82) is 0 Å². The molecule has 0 saturated heterocycles. The molecule has 0 amide bonds. The van der Waals surface area contributed by atoms with Gasteiger partial charge in [0.25, 0.3) is 0 Å². The summed E-state index contributed by atoms with van der Waals surface area (Å²) >= 11 is 0. The Kier molecular flexibility index (Phi) is 5.62. The van der Waals surface area contributed by atoms with Crippen LogP contribution in [-0.4, -0.2) is 13.7 Å². The topological polar surface area (TPSA) is 47.3 Å². The highest BCUT2D eigenvalue weighted by Gasteiger charge is 2.14. The van der Waals surface area contributed by atoms with Crippen LogP contribution in [0.2, 0.25) is 0 Å². The smallest absolute Gasteiger partial charge is 0.0488 e. The number of hydrogen-bond donors (Lipinski definition) is 2. The number of nitrogens with two attached hydrogens (primary N) is 1. The molecule has 96 valence electrons. The minimum atomic E-state index is 0.194. The summed E-state index contributed by atoms with van der Waals surface area (Å²) < 4.78 is 5.16. The van der Waals surface area contributed by atoms with E-state index in [1.807, 2.05) is 0 Å². The van der Waals surface area contributed by atoms with Gasteiger partial charge in [-0.15, -0.1) is 0 Å². The molecule has 2 atom stereocenters. The van der Waals surface area contributed by atoms with Gasteiger partial charge in [-0.25, -0.2) is 0 Å². The number of methoxy groups -OCH3 is 1. The SMILES string of the molecule is COCC(C)CC(NN)c1ccc(C)c(C)c1. The molecule has 0 heterocycles. The third-order valence-electron chi connectivity index (χ3n) is 3.22. The van der Waals surface area contributed by atoms with Crippen molar-refractivity contribution in [3.63, 3.8) is 0 Å². The van der Waals surface area contributed by atoms with Crippen molar-refractivity contribution in [3.8, 4) is 0 Å². The van der Waals surface area contributed by atoms with Crippen LogP contribution in [0.15, 0.2) is 18.2 Å². The van der Waals surface area contributed by atoms with Gasteiger partial charge in [0.2, 0.25) is 0 Å². The van der Waals surface area contributed by atoms with Gasteiger partial charge in [0.05, 0.1) is 0 Å². The van der Waals surface area contributed by atoms with Gasteiger partial charge in [0, 0.05) is 19.8 Å². The van der Waals surface area contributed by atoms with Gasteiger partial charge in [-0.2, -0.15) is 0 Å². The third kappa shape index (κ3) is 4.11. The molecule has 0 fully saturated rings. The summed E-state index contributed by atoms with van der Waals surface area (Å²) in [6.45, 7) is 7.19. The fraction of sp³-hybridized carbons (Fsp3) is 0.571. The van der Waals surface area contributed by atoms with Crippen molar-refractivity contribution in [2.24, 2.45) is 11.8 Å². The van der Waals surface area contributed by atoms with Crippen molar-refractivity contribution in [3.05, 3.63) is 34.9 Å². The van der Waals surface area contributed by atoms with E-state index < -0.39 is 0 Å². The molecule has 0 aliphatic rings. The Morgan fingerprint density at radius 2 is 2.00 bits per heavy atom. The average molecular weight is 236 g/mol. The Balaban J connectivity index is 2.75. The molecule has 0 aromatic heterocycles. The first-order valence-corrected chi connectivity index (χ1v) is 6.10. The molecule has 0 aliphatic heterocycles. The Labute approximate surface area is 104 Å². The van der Waals surface area contributed by atoms with Gasteiger partial charge in [-0.3, -0.25) is 11.3 Å². The quantitative estimate of drug-likeness (QED) is 0.589. The highest BCUT2D eigenvalue weighted by Crippen LogP contribution is 2.22. The van der Waals surface area contributed by atoms with E-state index >= 15 is 0 Å². The molecule has 3 heteroatoms. The van der Waals surface area contributed by atoms with Crippen molar-refractivity contribution < 1.29 is 4.74 Å². The van der Waals surface area contributed by atoms with Crippen LogP contribution in [0.4, 0.5) is 0 Å². The van der Waals surface area contributed by atoms with E-state index in [1.54, 1.807) is 7.11 Å². The molecule has 0 saturated carbocycles. The van der Waals surface area contributed by atoms with Gasteiger partial charge in [-0.1, -0.05) is 25.1 Å². The summed E-state index contributed by atoms with van der Waals surface area (Å²) in [6, 6.07) is 6.70. The zero-order valence-electron chi connectivity index (χ0n) is 11.3. The van der Waals surface area contributed by atoms with E-state index in [1.165, 1.54) is 16.7 Å². The summed E-state index contributed by atoms with van der Waals surface area (Å²) in [5, 5.41) is 0. The molecule has 0 bridgehead atoms. The minimum Gasteiger partial charge on any atom is -0.384 e. The van der Waals surface area contributed by atoms with Crippen LogP contribution < -0.4 is 11.3 Å². The fourth-order valence-corrected chi connectivity index (χ4v) is 2.04. The van der Waals surface area contributed by atoms with E-state index in [4.69, 9.17) is 10.6 Å². The zero-order chi connectivity index (χ0) is 12.8. The lowest BCUT2D eigenvalue weighted by Crippen LogP contribution is -2.30. The largest absolute Gasteiger partial charge is 0.384 e. The van der Waals surface area contributed by atoms with Crippen molar-refractivity contribution >= 4 is 0 Å². The van der Waals surface area contributed by atoms with Gasteiger partial charge in [-0.05, 0) is 42.9 Å². The van der Waals surface area contributed by atoms with E-state index in [0.717, 1.165) is 13.0 Å². The summed E-state index contributed by atoms with van der Waals surface area (Å²) in [6.07, 6.45) is 0.979. The Morgan fingerprint density at radius 3 is 2.53 bits per heavy atom. The fourth-order valence-electron chi connectivity index (χ4n) is 2.04. The van der Waals surface area contributed by atoms with E-state index in [-0.39, 0.29) is 6.04 Å². The van der Waals surface area contributed by atoms with Crippen molar-refractivity contribution in [1.82, 2.24) is 5.43 Å². The first-order valence-electron chi connectivity index (χ1n) is 6.10. The van der Waals surface area contributed by atoms with Crippen molar-refractivity contribution in [2.75, 3.05) is 13.7 Å². The normalized spacial score (nSPS) is 14.6. The molecule has 1 aromatic carbocycles. The number of nitrogens with one attached hydrogen (secondary N) is 1. The molecule has 2 unspecified atom stereocenters. The third-order valence-corrected chi connectivity index (χ3v) is 3.22. The van der Waals surface area contributed by atoms with Crippen LogP contribution >= 0.6 is 0 Å². The first-order chi connectivity index (χ1) is 8.08. The average Bonchev–Trinajstić information content (AvgIpc) is 2.30. The molecule has 0 spiro atoms. The molecule has 1 rings (SSSR count). The lowest BCUT2D eigenvalue weighted by atomic mass is 9.94. The van der Waals surface area contributed by atoms with Gasteiger partial charge in [0.15, 0.2) is 0 Å². The van der Waals surface area contributed by atoms with Crippen LogP contribution in [-0.2, 0) is 4.74 Å². The molecule has 0 aliphatic carbocycles. The Morgan fingerprint density at radius 1 is 1.29 bits per heavy atom. The second-order valence-corrected chi connectivity index (χ2v) is 4.86. The van der Waals surface area contributed by atoms with E-state index in [2.05, 4.69) is 44.4 Å². The van der Waals surface area contributed by atoms with Crippen LogP contribution in [0.5, 0.6) is 0 Å². The second-order valence-electron chi connectivity index (χ2n) is 4.86. The maximum atomic E-state index is 5.65. The van der Waals surface area contributed by atoms with Crippen molar-refractivity contribution in [2.45, 2.75) is 33.2 Å². The summed E-state index contributed by atoms with van der Waals surface area (Å²) in [7, 11) is 1.73. The highest BCUT2D eigenvalue weighted by atomic mass is 16.5. The molecular formula is C14H24N2O. The Bertz CT molecular complexity index is 352. The van der Waals surface area contributed by atoms with Gasteiger partial charge in [0.1, 0.15) is 0 Å². The number of ether oxygens (including phenoxy) is 1. The molecule has 0 radical (unpaired) electrons. The number of rotatable bonds is 6. The predicted molar refractivity (Wildman–Crippen MR) is 71.6 cm³/mol. The van der Waals surface area contributed by atoms with Crippen LogP contribution in [0.1, 0.15) is 36.1 Å². The Hall–Kier alpha value is -0.900. The summed E-state index contributed by atoms with van der Waals surface area (Å²) in [5.74, 6) is 6.14. The maximum absolute atomic E-state index is 5.65.